The lowest BCUT2D eigenvalue weighted by molar-refractivity contribution is -0.0907. The molecule has 0 amide bonds. The quantitative estimate of drug-likeness (QED) is 0.642. The molecular weight excluding hydrogens is 208 g/mol. The normalized spacial score (nSPS) is 29.2. The van der Waals surface area contributed by atoms with Crippen LogP contribution < -0.4 is 5.73 Å². The summed E-state index contributed by atoms with van der Waals surface area (Å²) in [5, 5.41) is 9.08. The summed E-state index contributed by atoms with van der Waals surface area (Å²) in [7, 11) is 0. The summed E-state index contributed by atoms with van der Waals surface area (Å²) in [6, 6.07) is 0.359. The van der Waals surface area contributed by atoms with E-state index >= 15 is 0 Å². The van der Waals surface area contributed by atoms with Gasteiger partial charge in [0.05, 0.1) is 25.4 Å². The van der Waals surface area contributed by atoms with Gasteiger partial charge in [0, 0.05) is 32.3 Å². The minimum absolute atomic E-state index is 0.0729. The van der Waals surface area contributed by atoms with E-state index in [2.05, 4.69) is 11.8 Å². The maximum atomic E-state index is 9.08. The van der Waals surface area contributed by atoms with Crippen LogP contribution in [-0.2, 0) is 9.47 Å². The van der Waals surface area contributed by atoms with Gasteiger partial charge < -0.3 is 20.3 Å². The molecule has 3 N–H and O–H groups in total. The first kappa shape index (κ1) is 13.9. The second-order valence-electron chi connectivity index (χ2n) is 4.25. The zero-order chi connectivity index (χ0) is 12.0. The molecule has 0 aromatic heterocycles. The molecule has 1 aliphatic heterocycles. The van der Waals surface area contributed by atoms with Crippen molar-refractivity contribution in [2.24, 2.45) is 5.73 Å². The third-order valence-corrected chi connectivity index (χ3v) is 2.94. The maximum Gasteiger partial charge on any atom is 0.0933 e. The SMILES string of the molecule is CCOC(CN)CN1CC(CO)OCC1C. The van der Waals surface area contributed by atoms with Gasteiger partial charge in [0.25, 0.3) is 0 Å². The van der Waals surface area contributed by atoms with Crippen molar-refractivity contribution in [1.82, 2.24) is 4.90 Å². The van der Waals surface area contributed by atoms with Gasteiger partial charge in [0.1, 0.15) is 0 Å². The monoisotopic (exact) mass is 232 g/mol. The van der Waals surface area contributed by atoms with E-state index in [1.165, 1.54) is 0 Å². The van der Waals surface area contributed by atoms with Crippen molar-refractivity contribution in [3.63, 3.8) is 0 Å². The zero-order valence-corrected chi connectivity index (χ0v) is 10.3. The molecule has 1 heterocycles. The number of hydrogen-bond donors (Lipinski definition) is 2. The molecule has 96 valence electrons. The summed E-state index contributed by atoms with van der Waals surface area (Å²) in [6.07, 6.45) is 0.00106. The van der Waals surface area contributed by atoms with Gasteiger partial charge in [-0.1, -0.05) is 0 Å². The first-order valence-electron chi connectivity index (χ1n) is 5.99. The molecule has 3 atom stereocenters. The smallest absolute Gasteiger partial charge is 0.0933 e. The molecule has 0 bridgehead atoms. The van der Waals surface area contributed by atoms with Crippen molar-refractivity contribution in [3.8, 4) is 0 Å². The maximum absolute atomic E-state index is 9.08. The average molecular weight is 232 g/mol. The molecule has 0 aliphatic carbocycles. The molecule has 16 heavy (non-hydrogen) atoms. The van der Waals surface area contributed by atoms with Crippen LogP contribution >= 0.6 is 0 Å². The van der Waals surface area contributed by atoms with Crippen LogP contribution in [0, 0.1) is 0 Å². The summed E-state index contributed by atoms with van der Waals surface area (Å²) >= 11 is 0. The number of ether oxygens (including phenoxy) is 2. The molecule has 1 rings (SSSR count). The van der Waals surface area contributed by atoms with Crippen molar-refractivity contribution in [2.45, 2.75) is 32.1 Å². The van der Waals surface area contributed by atoms with E-state index < -0.39 is 0 Å². The van der Waals surface area contributed by atoms with Crippen molar-refractivity contribution in [2.75, 3.05) is 39.5 Å². The van der Waals surface area contributed by atoms with Gasteiger partial charge in [0.2, 0.25) is 0 Å². The van der Waals surface area contributed by atoms with Gasteiger partial charge in [-0.25, -0.2) is 0 Å². The third-order valence-electron chi connectivity index (χ3n) is 2.94. The Kier molecular flexibility index (Phi) is 6.23. The molecule has 0 aromatic carbocycles. The largest absolute Gasteiger partial charge is 0.394 e. The molecule has 5 heteroatoms. The van der Waals surface area contributed by atoms with Gasteiger partial charge in [-0.2, -0.15) is 0 Å². The standard InChI is InChI=1S/C11H24N2O3/c1-3-15-10(4-12)5-13-6-11(7-14)16-8-9(13)2/h9-11,14H,3-8,12H2,1-2H3. The minimum atomic E-state index is -0.0729. The number of hydrogen-bond acceptors (Lipinski definition) is 5. The molecule has 0 spiro atoms. The van der Waals surface area contributed by atoms with Gasteiger partial charge >= 0.3 is 0 Å². The van der Waals surface area contributed by atoms with E-state index in [1.54, 1.807) is 0 Å². The summed E-state index contributed by atoms with van der Waals surface area (Å²) < 4.78 is 11.0. The number of aliphatic hydroxyl groups is 1. The molecule has 0 aromatic rings. The second-order valence-corrected chi connectivity index (χ2v) is 4.25. The van der Waals surface area contributed by atoms with Gasteiger partial charge in [0.15, 0.2) is 0 Å². The summed E-state index contributed by atoms with van der Waals surface area (Å²) in [4.78, 5) is 2.28. The van der Waals surface area contributed by atoms with E-state index in [0.717, 1.165) is 13.1 Å². The lowest BCUT2D eigenvalue weighted by Crippen LogP contribution is -2.52. The number of nitrogens with two attached hydrogens (primary N) is 1. The molecule has 3 unspecified atom stereocenters. The number of nitrogens with zero attached hydrogens (tertiary/aromatic N) is 1. The fraction of sp³-hybridized carbons (Fsp3) is 1.00. The Bertz CT molecular complexity index is 192. The Balaban J connectivity index is 2.42. The Morgan fingerprint density at radius 1 is 1.62 bits per heavy atom. The Hall–Kier alpha value is -0.200. The van der Waals surface area contributed by atoms with Gasteiger partial charge in [-0.15, -0.1) is 0 Å². The molecule has 1 fully saturated rings. The van der Waals surface area contributed by atoms with Crippen LogP contribution in [-0.4, -0.2) is 67.7 Å². The van der Waals surface area contributed by atoms with E-state index in [9.17, 15) is 0 Å². The zero-order valence-electron chi connectivity index (χ0n) is 10.3. The second kappa shape index (κ2) is 7.19. The van der Waals surface area contributed by atoms with E-state index in [0.29, 0.717) is 25.8 Å². The topological polar surface area (TPSA) is 68.0 Å². The number of morpholine rings is 1. The van der Waals surface area contributed by atoms with Gasteiger partial charge in [-0.3, -0.25) is 4.90 Å². The van der Waals surface area contributed by atoms with E-state index in [4.69, 9.17) is 20.3 Å². The van der Waals surface area contributed by atoms with Gasteiger partial charge in [-0.05, 0) is 13.8 Å². The van der Waals surface area contributed by atoms with Crippen LogP contribution in [0.4, 0.5) is 0 Å². The lowest BCUT2D eigenvalue weighted by atomic mass is 10.1. The fourth-order valence-corrected chi connectivity index (χ4v) is 1.93. The average Bonchev–Trinajstić information content (AvgIpc) is 2.31. The highest BCUT2D eigenvalue weighted by Crippen LogP contribution is 2.12. The molecule has 1 saturated heterocycles. The van der Waals surface area contributed by atoms with Crippen molar-refractivity contribution < 1.29 is 14.6 Å². The molecule has 5 nitrogen and oxygen atoms in total. The van der Waals surface area contributed by atoms with E-state index in [1.807, 2.05) is 6.92 Å². The third kappa shape index (κ3) is 3.99. The van der Waals surface area contributed by atoms with Crippen molar-refractivity contribution >= 4 is 0 Å². The Morgan fingerprint density at radius 2 is 2.38 bits per heavy atom. The summed E-state index contributed by atoms with van der Waals surface area (Å²) in [5.74, 6) is 0. The molecular formula is C11H24N2O3. The highest BCUT2D eigenvalue weighted by atomic mass is 16.5. The first-order valence-corrected chi connectivity index (χ1v) is 5.99. The predicted octanol–water partition coefficient (Wildman–Crippen LogP) is -0.568. The molecule has 1 aliphatic rings. The Labute approximate surface area is 97.5 Å². The van der Waals surface area contributed by atoms with Crippen LogP contribution in [0.3, 0.4) is 0 Å². The van der Waals surface area contributed by atoms with Crippen LogP contribution in [0.2, 0.25) is 0 Å². The van der Waals surface area contributed by atoms with E-state index in [-0.39, 0.29) is 18.8 Å². The van der Waals surface area contributed by atoms with Crippen LogP contribution in [0.5, 0.6) is 0 Å². The molecule has 0 radical (unpaired) electrons. The Morgan fingerprint density at radius 3 is 2.94 bits per heavy atom. The fourth-order valence-electron chi connectivity index (χ4n) is 1.93. The van der Waals surface area contributed by atoms with Crippen LogP contribution in [0.15, 0.2) is 0 Å². The summed E-state index contributed by atoms with van der Waals surface area (Å²) in [5.41, 5.74) is 5.66. The van der Waals surface area contributed by atoms with Crippen LogP contribution in [0.1, 0.15) is 13.8 Å². The highest BCUT2D eigenvalue weighted by Gasteiger charge is 2.27. The lowest BCUT2D eigenvalue weighted by Gasteiger charge is -2.38. The number of aliphatic hydroxyl groups excluding tert-OH is 1. The first-order chi connectivity index (χ1) is 7.71. The predicted molar refractivity (Wildman–Crippen MR) is 62.3 cm³/mol. The minimum Gasteiger partial charge on any atom is -0.394 e. The summed E-state index contributed by atoms with van der Waals surface area (Å²) in [6.45, 7) is 7.60. The highest BCUT2D eigenvalue weighted by molar-refractivity contribution is 4.79. The molecule has 0 saturated carbocycles. The van der Waals surface area contributed by atoms with Crippen molar-refractivity contribution in [3.05, 3.63) is 0 Å². The number of rotatable bonds is 6. The van der Waals surface area contributed by atoms with Crippen LogP contribution in [0.25, 0.3) is 0 Å². The van der Waals surface area contributed by atoms with Crippen molar-refractivity contribution in [1.29, 1.82) is 0 Å².